The maximum Gasteiger partial charge on any atom is 0.336 e. The van der Waals surface area contributed by atoms with Crippen molar-refractivity contribution in [3.05, 3.63) is 59.7 Å². The lowest BCUT2D eigenvalue weighted by Crippen LogP contribution is -2.32. The minimum absolute atomic E-state index is 0.0242. The average molecular weight is 311 g/mol. The molecular formula is C19H21NO3. The molecule has 23 heavy (non-hydrogen) atoms. The zero-order valence-electron chi connectivity index (χ0n) is 13.6. The summed E-state index contributed by atoms with van der Waals surface area (Å²) in [5, 5.41) is 12.3. The Bertz CT molecular complexity index is 729. The number of rotatable bonds is 4. The number of carboxylic acid groups (broad SMARTS) is 1. The first-order valence-corrected chi connectivity index (χ1v) is 7.49. The van der Waals surface area contributed by atoms with E-state index in [0.717, 1.165) is 0 Å². The van der Waals surface area contributed by atoms with Gasteiger partial charge in [-0.25, -0.2) is 4.79 Å². The van der Waals surface area contributed by atoms with Gasteiger partial charge in [-0.15, -0.1) is 0 Å². The third kappa shape index (κ3) is 4.19. The van der Waals surface area contributed by atoms with Crippen LogP contribution in [0.2, 0.25) is 0 Å². The maximum atomic E-state index is 12.5. The Balaban J connectivity index is 2.43. The normalized spacial score (nSPS) is 11.1. The number of carbonyl (C=O) groups is 2. The van der Waals surface area contributed by atoms with Crippen LogP contribution in [0.15, 0.2) is 48.5 Å². The van der Waals surface area contributed by atoms with E-state index >= 15 is 0 Å². The van der Waals surface area contributed by atoms with Crippen LogP contribution in [0, 0.1) is 5.41 Å². The first kappa shape index (κ1) is 16.7. The van der Waals surface area contributed by atoms with Crippen LogP contribution in [0.4, 0.5) is 0 Å². The summed E-state index contributed by atoms with van der Waals surface area (Å²) in [6.07, 6.45) is 0. The van der Waals surface area contributed by atoms with Crippen LogP contribution >= 0.6 is 0 Å². The molecule has 0 radical (unpaired) electrons. The molecular weight excluding hydrogens is 290 g/mol. The highest BCUT2D eigenvalue weighted by atomic mass is 16.4. The van der Waals surface area contributed by atoms with Crippen molar-refractivity contribution >= 4 is 11.9 Å². The minimum Gasteiger partial charge on any atom is -0.478 e. The van der Waals surface area contributed by atoms with Crippen molar-refractivity contribution in [2.75, 3.05) is 6.54 Å². The molecule has 0 aliphatic rings. The lowest BCUT2D eigenvalue weighted by atomic mass is 9.94. The van der Waals surface area contributed by atoms with E-state index in [1.807, 2.05) is 20.8 Å². The molecule has 4 heteroatoms. The number of aromatic carboxylic acids is 1. The van der Waals surface area contributed by atoms with E-state index in [4.69, 9.17) is 0 Å². The number of carbonyl (C=O) groups excluding carboxylic acids is 1. The summed E-state index contributed by atoms with van der Waals surface area (Å²) < 4.78 is 0. The first-order valence-electron chi connectivity index (χ1n) is 7.49. The maximum absolute atomic E-state index is 12.5. The Morgan fingerprint density at radius 2 is 1.39 bits per heavy atom. The molecule has 0 heterocycles. The number of amides is 1. The van der Waals surface area contributed by atoms with Gasteiger partial charge in [0.1, 0.15) is 0 Å². The van der Waals surface area contributed by atoms with Gasteiger partial charge in [-0.2, -0.15) is 0 Å². The summed E-state index contributed by atoms with van der Waals surface area (Å²) in [7, 11) is 0. The van der Waals surface area contributed by atoms with E-state index in [1.54, 1.807) is 48.5 Å². The molecule has 0 aliphatic carbocycles. The molecule has 0 fully saturated rings. The Kier molecular flexibility index (Phi) is 4.84. The third-order valence-electron chi connectivity index (χ3n) is 3.40. The fourth-order valence-electron chi connectivity index (χ4n) is 2.26. The summed E-state index contributed by atoms with van der Waals surface area (Å²) in [6, 6.07) is 13.8. The van der Waals surface area contributed by atoms with Crippen molar-refractivity contribution < 1.29 is 14.7 Å². The van der Waals surface area contributed by atoms with Crippen LogP contribution in [0.5, 0.6) is 0 Å². The van der Waals surface area contributed by atoms with E-state index < -0.39 is 5.97 Å². The molecule has 0 saturated heterocycles. The van der Waals surface area contributed by atoms with E-state index in [0.29, 0.717) is 23.2 Å². The van der Waals surface area contributed by atoms with Crippen molar-refractivity contribution in [1.82, 2.24) is 5.32 Å². The molecule has 2 aromatic carbocycles. The smallest absolute Gasteiger partial charge is 0.336 e. The van der Waals surface area contributed by atoms with E-state index in [2.05, 4.69) is 5.32 Å². The van der Waals surface area contributed by atoms with Gasteiger partial charge in [0.2, 0.25) is 0 Å². The molecule has 0 aliphatic heterocycles. The molecule has 2 N–H and O–H groups in total. The second-order valence-corrected chi connectivity index (χ2v) is 6.64. The highest BCUT2D eigenvalue weighted by molar-refractivity contribution is 6.04. The third-order valence-corrected chi connectivity index (χ3v) is 3.40. The fourth-order valence-corrected chi connectivity index (χ4v) is 2.26. The molecule has 0 atom stereocenters. The lowest BCUT2D eigenvalue weighted by Gasteiger charge is -2.19. The van der Waals surface area contributed by atoms with Gasteiger partial charge in [0.05, 0.1) is 5.56 Å². The first-order chi connectivity index (χ1) is 10.8. The Hall–Kier alpha value is -2.62. The molecule has 0 aromatic heterocycles. The van der Waals surface area contributed by atoms with Crippen LogP contribution in [0.25, 0.3) is 11.1 Å². The van der Waals surface area contributed by atoms with Crippen molar-refractivity contribution in [2.45, 2.75) is 20.8 Å². The van der Waals surface area contributed by atoms with Gasteiger partial charge in [-0.1, -0.05) is 57.2 Å². The van der Waals surface area contributed by atoms with Gasteiger partial charge in [0.25, 0.3) is 5.91 Å². The van der Waals surface area contributed by atoms with Crippen molar-refractivity contribution in [2.24, 2.45) is 5.41 Å². The number of nitrogens with one attached hydrogen (secondary N) is 1. The second kappa shape index (κ2) is 6.65. The topological polar surface area (TPSA) is 66.4 Å². The Morgan fingerprint density at radius 1 is 0.913 bits per heavy atom. The van der Waals surface area contributed by atoms with Gasteiger partial charge in [-0.3, -0.25) is 4.79 Å². The van der Waals surface area contributed by atoms with E-state index in [-0.39, 0.29) is 16.9 Å². The largest absolute Gasteiger partial charge is 0.478 e. The van der Waals surface area contributed by atoms with Gasteiger partial charge < -0.3 is 10.4 Å². The van der Waals surface area contributed by atoms with Crippen molar-refractivity contribution in [3.8, 4) is 11.1 Å². The number of hydrogen-bond acceptors (Lipinski definition) is 2. The molecule has 0 unspecified atom stereocenters. The molecule has 0 bridgehead atoms. The summed E-state index contributed by atoms with van der Waals surface area (Å²) >= 11 is 0. The van der Waals surface area contributed by atoms with Crippen molar-refractivity contribution in [1.29, 1.82) is 0 Å². The molecule has 0 spiro atoms. The summed E-state index contributed by atoms with van der Waals surface area (Å²) in [5.41, 5.74) is 1.80. The predicted octanol–water partition coefficient (Wildman–Crippen LogP) is 3.83. The standard InChI is InChI=1S/C19H21NO3/c1-19(2,3)12-20-17(21)15-10-6-4-8-13(15)14-9-5-7-11-16(14)18(22)23/h4-11H,12H2,1-3H3,(H,20,21)(H,22,23). The lowest BCUT2D eigenvalue weighted by molar-refractivity contribution is 0.0697. The van der Waals surface area contributed by atoms with Crippen LogP contribution in [0.1, 0.15) is 41.5 Å². The highest BCUT2D eigenvalue weighted by Crippen LogP contribution is 2.27. The molecule has 4 nitrogen and oxygen atoms in total. The monoisotopic (exact) mass is 311 g/mol. The van der Waals surface area contributed by atoms with Crippen LogP contribution < -0.4 is 5.32 Å². The predicted molar refractivity (Wildman–Crippen MR) is 90.6 cm³/mol. The van der Waals surface area contributed by atoms with Crippen LogP contribution in [-0.2, 0) is 0 Å². The average Bonchev–Trinajstić information content (AvgIpc) is 2.52. The molecule has 0 saturated carbocycles. The number of carboxylic acids is 1. The van der Waals surface area contributed by atoms with Gasteiger partial charge in [-0.05, 0) is 28.7 Å². The minimum atomic E-state index is -1.01. The van der Waals surface area contributed by atoms with Gasteiger partial charge >= 0.3 is 5.97 Å². The van der Waals surface area contributed by atoms with Gasteiger partial charge in [0, 0.05) is 12.1 Å². The van der Waals surface area contributed by atoms with Crippen LogP contribution in [-0.4, -0.2) is 23.5 Å². The Morgan fingerprint density at radius 3 is 1.91 bits per heavy atom. The molecule has 1 amide bonds. The second-order valence-electron chi connectivity index (χ2n) is 6.64. The molecule has 2 rings (SSSR count). The Labute approximate surface area is 136 Å². The van der Waals surface area contributed by atoms with E-state index in [1.165, 1.54) is 0 Å². The van der Waals surface area contributed by atoms with Crippen molar-refractivity contribution in [3.63, 3.8) is 0 Å². The zero-order valence-corrected chi connectivity index (χ0v) is 13.6. The zero-order chi connectivity index (χ0) is 17.0. The summed E-state index contributed by atoms with van der Waals surface area (Å²) in [5.74, 6) is -1.21. The molecule has 120 valence electrons. The quantitative estimate of drug-likeness (QED) is 0.902. The summed E-state index contributed by atoms with van der Waals surface area (Å²) in [6.45, 7) is 6.66. The fraction of sp³-hybridized carbons (Fsp3) is 0.263. The number of hydrogen-bond donors (Lipinski definition) is 2. The number of benzene rings is 2. The highest BCUT2D eigenvalue weighted by Gasteiger charge is 2.18. The van der Waals surface area contributed by atoms with E-state index in [9.17, 15) is 14.7 Å². The van der Waals surface area contributed by atoms with Crippen LogP contribution in [0.3, 0.4) is 0 Å². The SMILES string of the molecule is CC(C)(C)CNC(=O)c1ccccc1-c1ccccc1C(=O)O. The van der Waals surface area contributed by atoms with Gasteiger partial charge in [0.15, 0.2) is 0 Å². The summed E-state index contributed by atoms with van der Waals surface area (Å²) in [4.78, 5) is 23.9. The molecule has 2 aromatic rings.